The average Bonchev–Trinajstić information content (AvgIpc) is 3.00. The van der Waals surface area contributed by atoms with Crippen LogP contribution in [0.5, 0.6) is 0 Å². The minimum absolute atomic E-state index is 0.0144. The molecular weight excluding hydrogens is 267 g/mol. The number of benzene rings is 1. The molecule has 0 aliphatic carbocycles. The summed E-state index contributed by atoms with van der Waals surface area (Å²) < 4.78 is 13.7. The number of likely N-dealkylation sites (tertiary alicyclic amines) is 1. The Bertz CT molecular complexity index is 630. The number of amides is 1. The third kappa shape index (κ3) is 2.94. The van der Waals surface area contributed by atoms with Crippen LogP contribution in [0.2, 0.25) is 0 Å². The van der Waals surface area contributed by atoms with Gasteiger partial charge in [0.1, 0.15) is 5.82 Å². The summed E-state index contributed by atoms with van der Waals surface area (Å²) in [6.45, 7) is 0.736. The minimum Gasteiger partial charge on any atom is -0.335 e. The Morgan fingerprint density at radius 2 is 2.00 bits per heavy atom. The Labute approximate surface area is 123 Å². The largest absolute Gasteiger partial charge is 0.335 e. The molecule has 4 heteroatoms. The van der Waals surface area contributed by atoms with Gasteiger partial charge >= 0.3 is 0 Å². The van der Waals surface area contributed by atoms with E-state index in [1.165, 1.54) is 6.07 Å². The fourth-order valence-electron chi connectivity index (χ4n) is 2.90. The maximum Gasteiger partial charge on any atom is 0.227 e. The van der Waals surface area contributed by atoms with Crippen LogP contribution in [-0.2, 0) is 11.2 Å². The average molecular weight is 284 g/mol. The molecule has 108 valence electrons. The number of carbonyl (C=O) groups excluding carboxylic acids is 1. The van der Waals surface area contributed by atoms with Crippen LogP contribution >= 0.6 is 0 Å². The van der Waals surface area contributed by atoms with Gasteiger partial charge in [-0.05, 0) is 42.2 Å². The molecule has 1 unspecified atom stereocenters. The zero-order valence-electron chi connectivity index (χ0n) is 11.7. The number of carbonyl (C=O) groups is 1. The van der Waals surface area contributed by atoms with Crippen molar-refractivity contribution in [2.24, 2.45) is 0 Å². The van der Waals surface area contributed by atoms with E-state index >= 15 is 0 Å². The predicted molar refractivity (Wildman–Crippen MR) is 78.0 cm³/mol. The van der Waals surface area contributed by atoms with Gasteiger partial charge in [0.05, 0.1) is 12.5 Å². The lowest BCUT2D eigenvalue weighted by molar-refractivity contribution is -0.131. The van der Waals surface area contributed by atoms with Crippen molar-refractivity contribution < 1.29 is 9.18 Å². The van der Waals surface area contributed by atoms with E-state index in [1.807, 2.05) is 17.0 Å². The number of aromatic nitrogens is 1. The molecule has 0 bridgehead atoms. The summed E-state index contributed by atoms with van der Waals surface area (Å²) in [7, 11) is 0. The van der Waals surface area contributed by atoms with E-state index in [0.717, 1.165) is 24.9 Å². The first-order chi connectivity index (χ1) is 10.3. The quantitative estimate of drug-likeness (QED) is 0.867. The highest BCUT2D eigenvalue weighted by atomic mass is 19.1. The molecule has 0 radical (unpaired) electrons. The van der Waals surface area contributed by atoms with Crippen molar-refractivity contribution >= 4 is 5.91 Å². The van der Waals surface area contributed by atoms with Crippen LogP contribution in [-0.4, -0.2) is 22.3 Å². The van der Waals surface area contributed by atoms with Gasteiger partial charge in [0, 0.05) is 18.9 Å². The van der Waals surface area contributed by atoms with Crippen LogP contribution in [0.25, 0.3) is 0 Å². The van der Waals surface area contributed by atoms with E-state index in [1.54, 1.807) is 30.6 Å². The van der Waals surface area contributed by atoms with E-state index in [4.69, 9.17) is 0 Å². The molecule has 0 spiro atoms. The molecule has 3 nitrogen and oxygen atoms in total. The molecule has 0 N–H and O–H groups in total. The molecule has 0 saturated carbocycles. The second-order valence-electron chi connectivity index (χ2n) is 5.29. The van der Waals surface area contributed by atoms with E-state index in [2.05, 4.69) is 4.98 Å². The first kappa shape index (κ1) is 13.7. The molecule has 1 saturated heterocycles. The Kier molecular flexibility index (Phi) is 3.95. The first-order valence-electron chi connectivity index (χ1n) is 7.18. The highest BCUT2D eigenvalue weighted by Crippen LogP contribution is 2.32. The van der Waals surface area contributed by atoms with E-state index < -0.39 is 0 Å². The number of nitrogens with zero attached hydrogens (tertiary/aromatic N) is 2. The Morgan fingerprint density at radius 3 is 2.76 bits per heavy atom. The molecule has 1 atom stereocenters. The van der Waals surface area contributed by atoms with Gasteiger partial charge in [0.15, 0.2) is 0 Å². The fraction of sp³-hybridized carbons (Fsp3) is 0.294. The summed E-state index contributed by atoms with van der Waals surface area (Å²) in [5, 5.41) is 0. The molecule has 1 aromatic heterocycles. The predicted octanol–water partition coefficient (Wildman–Crippen LogP) is 3.13. The van der Waals surface area contributed by atoms with Crippen LogP contribution in [0, 0.1) is 5.82 Å². The van der Waals surface area contributed by atoms with E-state index in [-0.39, 0.29) is 24.2 Å². The summed E-state index contributed by atoms with van der Waals surface area (Å²) in [6, 6.07) is 10.4. The van der Waals surface area contributed by atoms with Crippen molar-refractivity contribution in [2.75, 3.05) is 6.54 Å². The minimum atomic E-state index is -0.314. The van der Waals surface area contributed by atoms with E-state index in [9.17, 15) is 9.18 Å². The zero-order valence-corrected chi connectivity index (χ0v) is 11.7. The van der Waals surface area contributed by atoms with Crippen LogP contribution < -0.4 is 0 Å². The Balaban J connectivity index is 1.76. The van der Waals surface area contributed by atoms with Crippen molar-refractivity contribution in [3.05, 3.63) is 65.7 Å². The highest BCUT2D eigenvalue weighted by molar-refractivity contribution is 5.79. The number of pyridine rings is 1. The highest BCUT2D eigenvalue weighted by Gasteiger charge is 2.29. The molecular formula is C17H17FN2O. The zero-order chi connectivity index (χ0) is 14.7. The number of rotatable bonds is 3. The summed E-state index contributed by atoms with van der Waals surface area (Å²) in [5.74, 6) is -0.329. The number of halogens is 1. The second-order valence-corrected chi connectivity index (χ2v) is 5.29. The fourth-order valence-corrected chi connectivity index (χ4v) is 2.90. The van der Waals surface area contributed by atoms with Gasteiger partial charge in [0.2, 0.25) is 5.91 Å². The molecule has 2 heterocycles. The Morgan fingerprint density at radius 1 is 1.24 bits per heavy atom. The van der Waals surface area contributed by atoms with Crippen LogP contribution in [0.1, 0.15) is 30.0 Å². The van der Waals surface area contributed by atoms with Crippen molar-refractivity contribution in [1.29, 1.82) is 0 Å². The molecule has 1 fully saturated rings. The van der Waals surface area contributed by atoms with Crippen molar-refractivity contribution in [1.82, 2.24) is 9.88 Å². The smallest absolute Gasteiger partial charge is 0.227 e. The van der Waals surface area contributed by atoms with Crippen molar-refractivity contribution in [3.63, 3.8) is 0 Å². The van der Waals surface area contributed by atoms with Crippen LogP contribution in [0.4, 0.5) is 4.39 Å². The summed E-state index contributed by atoms with van der Waals surface area (Å²) in [5.41, 5.74) is 1.56. The maximum atomic E-state index is 13.7. The molecule has 1 aromatic carbocycles. The van der Waals surface area contributed by atoms with Gasteiger partial charge in [-0.2, -0.15) is 0 Å². The first-order valence-corrected chi connectivity index (χ1v) is 7.18. The van der Waals surface area contributed by atoms with Gasteiger partial charge in [-0.25, -0.2) is 4.39 Å². The lowest BCUT2D eigenvalue weighted by Gasteiger charge is -2.25. The lowest BCUT2D eigenvalue weighted by atomic mass is 10.1. The van der Waals surface area contributed by atoms with Gasteiger partial charge in [0.25, 0.3) is 0 Å². The number of hydrogen-bond acceptors (Lipinski definition) is 2. The van der Waals surface area contributed by atoms with Gasteiger partial charge in [-0.3, -0.25) is 9.78 Å². The normalized spacial score (nSPS) is 18.0. The SMILES string of the molecule is O=C(Cc1ccccc1F)N1CCCC1c1ccncc1. The molecule has 21 heavy (non-hydrogen) atoms. The topological polar surface area (TPSA) is 33.2 Å². The summed E-state index contributed by atoms with van der Waals surface area (Å²) >= 11 is 0. The lowest BCUT2D eigenvalue weighted by Crippen LogP contribution is -2.32. The van der Waals surface area contributed by atoms with Crippen molar-refractivity contribution in [3.8, 4) is 0 Å². The van der Waals surface area contributed by atoms with Crippen LogP contribution in [0.3, 0.4) is 0 Å². The molecule has 2 aromatic rings. The van der Waals surface area contributed by atoms with Gasteiger partial charge in [-0.15, -0.1) is 0 Å². The standard InChI is InChI=1S/C17H17FN2O/c18-15-5-2-1-4-14(15)12-17(21)20-11-3-6-16(20)13-7-9-19-10-8-13/h1-2,4-5,7-10,16H,3,6,11-12H2. The molecule has 3 rings (SSSR count). The third-order valence-corrected chi connectivity index (χ3v) is 3.96. The second kappa shape index (κ2) is 6.04. The van der Waals surface area contributed by atoms with Crippen LogP contribution in [0.15, 0.2) is 48.8 Å². The monoisotopic (exact) mass is 284 g/mol. The van der Waals surface area contributed by atoms with Gasteiger partial charge in [-0.1, -0.05) is 18.2 Å². The molecule has 1 aliphatic heterocycles. The van der Waals surface area contributed by atoms with E-state index in [0.29, 0.717) is 5.56 Å². The molecule has 1 amide bonds. The summed E-state index contributed by atoms with van der Waals surface area (Å²) in [6.07, 6.45) is 5.54. The number of hydrogen-bond donors (Lipinski definition) is 0. The maximum absolute atomic E-state index is 13.7. The molecule has 1 aliphatic rings. The third-order valence-electron chi connectivity index (χ3n) is 3.96. The Hall–Kier alpha value is -2.23. The summed E-state index contributed by atoms with van der Waals surface area (Å²) in [4.78, 5) is 18.4. The van der Waals surface area contributed by atoms with Gasteiger partial charge < -0.3 is 4.90 Å². The van der Waals surface area contributed by atoms with Crippen molar-refractivity contribution in [2.45, 2.75) is 25.3 Å².